The summed E-state index contributed by atoms with van der Waals surface area (Å²) in [5.41, 5.74) is 3.99. The molecule has 7 nitrogen and oxygen atoms in total. The van der Waals surface area contributed by atoms with Gasteiger partial charge in [0.25, 0.3) is 5.91 Å². The van der Waals surface area contributed by atoms with Crippen LogP contribution in [0.15, 0.2) is 78.2 Å². The van der Waals surface area contributed by atoms with Crippen molar-refractivity contribution in [2.24, 2.45) is 5.10 Å². The summed E-state index contributed by atoms with van der Waals surface area (Å²) >= 11 is 0. The molecule has 0 aliphatic heterocycles. The number of carbonyl (C=O) groups is 2. The molecule has 0 aliphatic rings. The predicted octanol–water partition coefficient (Wildman–Crippen LogP) is 3.07. The van der Waals surface area contributed by atoms with Crippen LogP contribution >= 0.6 is 0 Å². The van der Waals surface area contributed by atoms with Crippen molar-refractivity contribution in [1.82, 2.24) is 10.4 Å². The van der Waals surface area contributed by atoms with Crippen LogP contribution in [-0.2, 0) is 0 Å². The number of hydrogen-bond donors (Lipinski definition) is 1. The van der Waals surface area contributed by atoms with E-state index in [1.54, 1.807) is 74.0 Å². The summed E-state index contributed by atoms with van der Waals surface area (Å²) < 4.78 is 10.4. The van der Waals surface area contributed by atoms with Crippen molar-refractivity contribution < 1.29 is 19.1 Å². The number of ether oxygens (including phenoxy) is 2. The highest BCUT2D eigenvalue weighted by atomic mass is 16.5. The molecule has 1 aromatic heterocycles. The molecule has 0 fully saturated rings. The van der Waals surface area contributed by atoms with Crippen LogP contribution in [0.5, 0.6) is 11.5 Å². The normalized spacial score (nSPS) is 10.5. The highest BCUT2D eigenvalue weighted by Gasteiger charge is 2.08. The fraction of sp³-hybridized carbons (Fsp3) is 0.0476. The average molecular weight is 375 g/mol. The van der Waals surface area contributed by atoms with Gasteiger partial charge in [-0.15, -0.1) is 0 Å². The maximum atomic E-state index is 12.1. The van der Waals surface area contributed by atoms with E-state index in [9.17, 15) is 9.59 Å². The van der Waals surface area contributed by atoms with Gasteiger partial charge < -0.3 is 9.47 Å². The predicted molar refractivity (Wildman–Crippen MR) is 104 cm³/mol. The number of nitrogens with one attached hydrogen (secondary N) is 1. The van der Waals surface area contributed by atoms with Gasteiger partial charge in [0, 0.05) is 12.4 Å². The molecule has 0 aliphatic carbocycles. The number of hydrazone groups is 1. The first kappa shape index (κ1) is 18.8. The minimum Gasteiger partial charge on any atom is -0.497 e. The molecule has 3 aromatic rings. The first-order chi connectivity index (χ1) is 13.7. The number of methoxy groups -OCH3 is 1. The van der Waals surface area contributed by atoms with Crippen LogP contribution < -0.4 is 14.9 Å². The van der Waals surface area contributed by atoms with E-state index in [1.807, 2.05) is 0 Å². The van der Waals surface area contributed by atoms with Gasteiger partial charge in [0.2, 0.25) is 0 Å². The van der Waals surface area contributed by atoms with Crippen molar-refractivity contribution in [3.05, 3.63) is 89.7 Å². The van der Waals surface area contributed by atoms with E-state index in [0.717, 1.165) is 5.56 Å². The maximum Gasteiger partial charge on any atom is 0.343 e. The van der Waals surface area contributed by atoms with E-state index in [4.69, 9.17) is 9.47 Å². The Hall–Kier alpha value is -4.00. The zero-order valence-electron chi connectivity index (χ0n) is 15.0. The van der Waals surface area contributed by atoms with Crippen molar-refractivity contribution in [2.75, 3.05) is 7.11 Å². The molecule has 0 radical (unpaired) electrons. The Kier molecular flexibility index (Phi) is 6.10. The standard InChI is InChI=1S/C21H17N3O4/c1-27-18-10-6-16(7-11-18)21(26)28-19-8-4-15(5-9-19)13-23-24-20(25)17-3-2-12-22-14-17/h2-14H,1H3,(H,24,25)/b23-13+. The maximum absolute atomic E-state index is 12.1. The molecule has 0 saturated heterocycles. The molecule has 1 heterocycles. The highest BCUT2D eigenvalue weighted by molar-refractivity contribution is 5.94. The van der Waals surface area contributed by atoms with Crippen molar-refractivity contribution in [3.8, 4) is 11.5 Å². The van der Waals surface area contributed by atoms with Crippen LogP contribution in [0.4, 0.5) is 0 Å². The molecule has 140 valence electrons. The molecule has 1 N–H and O–H groups in total. The van der Waals surface area contributed by atoms with E-state index < -0.39 is 5.97 Å². The minimum atomic E-state index is -0.465. The lowest BCUT2D eigenvalue weighted by molar-refractivity contribution is 0.0734. The van der Waals surface area contributed by atoms with Crippen molar-refractivity contribution in [3.63, 3.8) is 0 Å². The molecule has 0 atom stereocenters. The Morgan fingerprint density at radius 1 is 0.964 bits per heavy atom. The summed E-state index contributed by atoms with van der Waals surface area (Å²) in [5.74, 6) is 0.246. The summed E-state index contributed by atoms with van der Waals surface area (Å²) in [5, 5.41) is 3.90. The largest absolute Gasteiger partial charge is 0.497 e. The fourth-order valence-electron chi connectivity index (χ4n) is 2.24. The Bertz CT molecular complexity index is 969. The van der Waals surface area contributed by atoms with Crippen molar-refractivity contribution in [1.29, 1.82) is 0 Å². The first-order valence-electron chi connectivity index (χ1n) is 8.35. The van der Waals surface area contributed by atoms with E-state index >= 15 is 0 Å². The van der Waals surface area contributed by atoms with Gasteiger partial charge >= 0.3 is 5.97 Å². The van der Waals surface area contributed by atoms with E-state index in [-0.39, 0.29) is 5.91 Å². The lowest BCUT2D eigenvalue weighted by Gasteiger charge is -2.05. The topological polar surface area (TPSA) is 89.9 Å². The van der Waals surface area contributed by atoms with Crippen molar-refractivity contribution >= 4 is 18.1 Å². The third-order valence-corrected chi connectivity index (χ3v) is 3.72. The van der Waals surface area contributed by atoms with Crippen LogP contribution in [0.2, 0.25) is 0 Å². The van der Waals surface area contributed by atoms with Gasteiger partial charge in [-0.3, -0.25) is 9.78 Å². The molecule has 3 rings (SSSR count). The molecule has 0 saturated carbocycles. The van der Waals surface area contributed by atoms with E-state index in [2.05, 4.69) is 15.5 Å². The lowest BCUT2D eigenvalue weighted by atomic mass is 10.2. The molecular formula is C21H17N3O4. The monoisotopic (exact) mass is 375 g/mol. The zero-order chi connectivity index (χ0) is 19.8. The third-order valence-electron chi connectivity index (χ3n) is 3.72. The van der Waals surface area contributed by atoms with Crippen LogP contribution in [0, 0.1) is 0 Å². The van der Waals surface area contributed by atoms with Crippen molar-refractivity contribution in [2.45, 2.75) is 0 Å². The fourth-order valence-corrected chi connectivity index (χ4v) is 2.24. The van der Waals surface area contributed by atoms with Gasteiger partial charge in [0.1, 0.15) is 11.5 Å². The zero-order valence-corrected chi connectivity index (χ0v) is 15.0. The number of pyridine rings is 1. The van der Waals surface area contributed by atoms with Gasteiger partial charge in [-0.2, -0.15) is 5.10 Å². The second-order valence-electron chi connectivity index (χ2n) is 5.63. The van der Waals surface area contributed by atoms with Gasteiger partial charge in [-0.25, -0.2) is 10.2 Å². The Morgan fingerprint density at radius 3 is 2.32 bits per heavy atom. The lowest BCUT2D eigenvalue weighted by Crippen LogP contribution is -2.17. The molecule has 0 spiro atoms. The number of aromatic nitrogens is 1. The second kappa shape index (κ2) is 9.09. The average Bonchev–Trinajstić information content (AvgIpc) is 2.75. The third kappa shape index (κ3) is 5.01. The molecule has 7 heteroatoms. The van der Waals surface area contributed by atoms with Gasteiger partial charge in [-0.1, -0.05) is 0 Å². The summed E-state index contributed by atoms with van der Waals surface area (Å²) in [7, 11) is 1.56. The van der Waals surface area contributed by atoms with Crippen LogP contribution in [0.3, 0.4) is 0 Å². The number of amides is 1. The minimum absolute atomic E-state index is 0.352. The van der Waals surface area contributed by atoms with Gasteiger partial charge in [0.15, 0.2) is 0 Å². The summed E-state index contributed by atoms with van der Waals surface area (Å²) in [4.78, 5) is 27.9. The van der Waals surface area contributed by atoms with Crippen LogP contribution in [0.25, 0.3) is 0 Å². The van der Waals surface area contributed by atoms with E-state index in [0.29, 0.717) is 22.6 Å². The summed E-state index contributed by atoms with van der Waals surface area (Å²) in [6, 6.07) is 16.7. The summed E-state index contributed by atoms with van der Waals surface area (Å²) in [6.07, 6.45) is 4.53. The Morgan fingerprint density at radius 2 is 1.68 bits per heavy atom. The van der Waals surface area contributed by atoms with E-state index in [1.165, 1.54) is 12.4 Å². The number of benzene rings is 2. The second-order valence-corrected chi connectivity index (χ2v) is 5.63. The Balaban J connectivity index is 1.55. The molecule has 1 amide bonds. The van der Waals surface area contributed by atoms with Gasteiger partial charge in [0.05, 0.1) is 24.5 Å². The van der Waals surface area contributed by atoms with Gasteiger partial charge in [-0.05, 0) is 66.2 Å². The molecule has 2 aromatic carbocycles. The van der Waals surface area contributed by atoms with Crippen LogP contribution in [-0.4, -0.2) is 30.2 Å². The number of carbonyl (C=O) groups excluding carboxylic acids is 2. The molecule has 0 bridgehead atoms. The van der Waals surface area contributed by atoms with Crippen LogP contribution in [0.1, 0.15) is 26.3 Å². The summed E-state index contributed by atoms with van der Waals surface area (Å²) in [6.45, 7) is 0. The highest BCUT2D eigenvalue weighted by Crippen LogP contribution is 2.16. The SMILES string of the molecule is COc1ccc(C(=O)Oc2ccc(/C=N/NC(=O)c3cccnc3)cc2)cc1. The smallest absolute Gasteiger partial charge is 0.343 e. The number of rotatable bonds is 6. The molecule has 0 unspecified atom stereocenters. The molecular weight excluding hydrogens is 358 g/mol. The number of hydrogen-bond acceptors (Lipinski definition) is 6. The Labute approximate surface area is 161 Å². The number of esters is 1. The first-order valence-corrected chi connectivity index (χ1v) is 8.35. The molecule has 28 heavy (non-hydrogen) atoms. The quantitative estimate of drug-likeness (QED) is 0.309. The number of nitrogens with zero attached hydrogens (tertiary/aromatic N) is 2.